The quantitative estimate of drug-likeness (QED) is 0.482. The first-order valence-corrected chi connectivity index (χ1v) is 6.94. The van der Waals surface area contributed by atoms with Crippen molar-refractivity contribution in [2.75, 3.05) is 5.32 Å². The summed E-state index contributed by atoms with van der Waals surface area (Å²) in [5.74, 6) is -0.384. The fraction of sp³-hybridized carbons (Fsp3) is 0.0588. The predicted molar refractivity (Wildman–Crippen MR) is 83.6 cm³/mol. The third kappa shape index (κ3) is 1.86. The zero-order valence-corrected chi connectivity index (χ0v) is 11.8. The van der Waals surface area contributed by atoms with Crippen molar-refractivity contribution < 1.29 is 8.78 Å². The molecule has 0 saturated heterocycles. The molecular formula is C17H13F2N3. The van der Waals surface area contributed by atoms with Crippen molar-refractivity contribution in [3.63, 3.8) is 0 Å². The number of aromatic nitrogens is 2. The van der Waals surface area contributed by atoms with E-state index in [4.69, 9.17) is 0 Å². The van der Waals surface area contributed by atoms with E-state index in [0.29, 0.717) is 5.82 Å². The second kappa shape index (κ2) is 4.59. The van der Waals surface area contributed by atoms with Crippen molar-refractivity contribution in [2.24, 2.45) is 0 Å². The van der Waals surface area contributed by atoms with Crippen LogP contribution in [0, 0.1) is 18.6 Å². The van der Waals surface area contributed by atoms with Gasteiger partial charge in [0.15, 0.2) is 0 Å². The van der Waals surface area contributed by atoms with Crippen molar-refractivity contribution >= 4 is 22.3 Å². The van der Waals surface area contributed by atoms with Crippen molar-refractivity contribution in [1.82, 2.24) is 10.2 Å². The second-order valence-corrected chi connectivity index (χ2v) is 5.34. The molecular weight excluding hydrogens is 284 g/mol. The van der Waals surface area contributed by atoms with E-state index in [1.165, 1.54) is 5.56 Å². The number of nitrogens with one attached hydrogen (secondary N) is 3. The van der Waals surface area contributed by atoms with Crippen molar-refractivity contribution in [3.05, 3.63) is 59.7 Å². The summed E-state index contributed by atoms with van der Waals surface area (Å²) in [6.45, 7) is 2.05. The highest BCUT2D eigenvalue weighted by atomic mass is 19.1. The van der Waals surface area contributed by atoms with E-state index in [0.717, 1.165) is 40.2 Å². The van der Waals surface area contributed by atoms with Gasteiger partial charge in [-0.15, -0.1) is 0 Å². The number of rotatable bonds is 2. The van der Waals surface area contributed by atoms with Gasteiger partial charge in [-0.2, -0.15) is 0 Å². The Balaban J connectivity index is 1.83. The average molecular weight is 297 g/mol. The fourth-order valence-electron chi connectivity index (χ4n) is 2.80. The van der Waals surface area contributed by atoms with E-state index < -0.39 is 11.6 Å². The van der Waals surface area contributed by atoms with Gasteiger partial charge in [0, 0.05) is 17.0 Å². The summed E-state index contributed by atoms with van der Waals surface area (Å²) in [7, 11) is 0. The maximum absolute atomic E-state index is 13.8. The molecule has 0 radical (unpaired) electrons. The van der Waals surface area contributed by atoms with Gasteiger partial charge in [-0.05, 0) is 36.1 Å². The monoisotopic (exact) mass is 297 g/mol. The highest BCUT2D eigenvalue weighted by Gasteiger charge is 2.18. The van der Waals surface area contributed by atoms with Crippen LogP contribution in [0.5, 0.6) is 0 Å². The van der Waals surface area contributed by atoms with Gasteiger partial charge in [0.25, 0.3) is 0 Å². The molecule has 2 aromatic rings. The molecule has 3 nitrogen and oxygen atoms in total. The largest absolute Gasteiger partial charge is 0.338 e. The predicted octanol–water partition coefficient (Wildman–Crippen LogP) is 4.93. The fourth-order valence-corrected chi connectivity index (χ4v) is 2.80. The summed E-state index contributed by atoms with van der Waals surface area (Å²) in [6.07, 6.45) is 0. The van der Waals surface area contributed by atoms with E-state index >= 15 is 0 Å². The van der Waals surface area contributed by atoms with Crippen LogP contribution in [0.1, 0.15) is 5.56 Å². The number of fused-ring (bicyclic) bond motifs is 3. The van der Waals surface area contributed by atoms with Gasteiger partial charge in [-0.3, -0.25) is 10.2 Å². The van der Waals surface area contributed by atoms with E-state index in [2.05, 4.69) is 15.5 Å². The van der Waals surface area contributed by atoms with Gasteiger partial charge < -0.3 is 5.32 Å². The molecule has 4 rings (SSSR count). The number of aromatic amines is 2. The van der Waals surface area contributed by atoms with Crippen molar-refractivity contribution in [2.45, 2.75) is 6.92 Å². The summed E-state index contributed by atoms with van der Waals surface area (Å²) in [6, 6.07) is 11.4. The Morgan fingerprint density at radius 2 is 1.82 bits per heavy atom. The van der Waals surface area contributed by atoms with E-state index in [-0.39, 0.29) is 5.69 Å². The SMILES string of the molecule is Cc1cccc2c3[nH][nH]c(Nc4cc(F)ccc4F)c-3cc12. The number of hydrogen-bond acceptors (Lipinski definition) is 1. The number of H-pyrrole nitrogens is 2. The van der Waals surface area contributed by atoms with Gasteiger partial charge in [0.2, 0.25) is 0 Å². The minimum atomic E-state index is -0.503. The topological polar surface area (TPSA) is 43.6 Å². The van der Waals surface area contributed by atoms with Crippen LogP contribution in [0.2, 0.25) is 0 Å². The normalized spacial score (nSPS) is 11.4. The van der Waals surface area contributed by atoms with E-state index in [1.54, 1.807) is 0 Å². The van der Waals surface area contributed by atoms with Crippen LogP contribution >= 0.6 is 0 Å². The van der Waals surface area contributed by atoms with E-state index in [9.17, 15) is 8.78 Å². The Labute approximate surface area is 125 Å². The first-order valence-electron chi connectivity index (χ1n) is 6.94. The lowest BCUT2D eigenvalue weighted by Crippen LogP contribution is -1.95. The number of aryl methyl sites for hydroxylation is 1. The maximum atomic E-state index is 13.8. The zero-order chi connectivity index (χ0) is 15.3. The molecule has 0 saturated carbocycles. The molecule has 0 fully saturated rings. The Kier molecular flexibility index (Phi) is 2.69. The molecule has 2 aromatic carbocycles. The molecule has 1 aliphatic carbocycles. The van der Waals surface area contributed by atoms with Crippen LogP contribution in [0.15, 0.2) is 42.5 Å². The molecule has 0 unspecified atom stereocenters. The Bertz CT molecular complexity index is 952. The molecule has 0 aromatic heterocycles. The van der Waals surface area contributed by atoms with Crippen LogP contribution in [0.3, 0.4) is 0 Å². The Morgan fingerprint density at radius 1 is 0.955 bits per heavy atom. The Morgan fingerprint density at radius 3 is 2.68 bits per heavy atom. The van der Waals surface area contributed by atoms with Gasteiger partial charge in [-0.25, -0.2) is 8.78 Å². The summed E-state index contributed by atoms with van der Waals surface area (Å²) in [5.41, 5.74) is 3.12. The van der Waals surface area contributed by atoms with Crippen LogP contribution < -0.4 is 5.32 Å². The third-order valence-corrected chi connectivity index (χ3v) is 3.92. The van der Waals surface area contributed by atoms with Gasteiger partial charge in [0.1, 0.15) is 17.5 Å². The lowest BCUT2D eigenvalue weighted by atomic mass is 10.1. The molecule has 5 heteroatoms. The molecule has 110 valence electrons. The highest BCUT2D eigenvalue weighted by molar-refractivity contribution is 6.05. The molecule has 0 bridgehead atoms. The number of hydrogen-bond donors (Lipinski definition) is 3. The van der Waals surface area contributed by atoms with E-state index in [1.807, 2.05) is 31.2 Å². The van der Waals surface area contributed by atoms with Crippen molar-refractivity contribution in [1.29, 1.82) is 0 Å². The van der Waals surface area contributed by atoms with Crippen LogP contribution in [-0.2, 0) is 0 Å². The minimum absolute atomic E-state index is 0.0964. The zero-order valence-electron chi connectivity index (χ0n) is 11.8. The van der Waals surface area contributed by atoms with Crippen LogP contribution in [0.25, 0.3) is 22.0 Å². The number of benzene rings is 2. The van der Waals surface area contributed by atoms with Gasteiger partial charge in [0.05, 0.1) is 11.4 Å². The molecule has 0 atom stereocenters. The molecule has 1 heterocycles. The first kappa shape index (κ1) is 12.9. The van der Waals surface area contributed by atoms with Gasteiger partial charge >= 0.3 is 0 Å². The van der Waals surface area contributed by atoms with Crippen LogP contribution in [-0.4, -0.2) is 10.2 Å². The second-order valence-electron chi connectivity index (χ2n) is 5.34. The molecule has 2 aliphatic rings. The number of halogens is 2. The maximum Gasteiger partial charge on any atom is 0.146 e. The molecule has 0 spiro atoms. The molecule has 22 heavy (non-hydrogen) atoms. The summed E-state index contributed by atoms with van der Waals surface area (Å²) >= 11 is 0. The minimum Gasteiger partial charge on any atom is -0.338 e. The average Bonchev–Trinajstić information content (AvgIpc) is 3.04. The van der Waals surface area contributed by atoms with Crippen molar-refractivity contribution in [3.8, 4) is 11.3 Å². The third-order valence-electron chi connectivity index (χ3n) is 3.92. The smallest absolute Gasteiger partial charge is 0.146 e. The standard InChI is InChI=1S/C17H13F2N3/c1-9-3-2-4-11-12(9)8-13-16(11)21-22-17(13)20-15-7-10(18)5-6-14(15)19/h2-8,20-22H,1H3. The highest BCUT2D eigenvalue weighted by Crippen LogP contribution is 2.39. The number of anilines is 2. The van der Waals surface area contributed by atoms with Crippen LogP contribution in [0.4, 0.5) is 20.3 Å². The summed E-state index contributed by atoms with van der Waals surface area (Å²) in [5, 5.41) is 11.2. The molecule has 0 amide bonds. The lowest BCUT2D eigenvalue weighted by molar-refractivity contribution is 0.603. The summed E-state index contributed by atoms with van der Waals surface area (Å²) in [4.78, 5) is 0. The molecule has 1 aliphatic heterocycles. The van der Waals surface area contributed by atoms with Gasteiger partial charge in [-0.1, -0.05) is 18.2 Å². The molecule has 3 N–H and O–H groups in total. The first-order chi connectivity index (χ1) is 10.6. The summed E-state index contributed by atoms with van der Waals surface area (Å²) < 4.78 is 27.1. The Hall–Kier alpha value is -2.82. The lowest BCUT2D eigenvalue weighted by Gasteiger charge is -2.06.